The van der Waals surface area contributed by atoms with Crippen LogP contribution in [-0.2, 0) is 9.59 Å². The zero-order valence-electron chi connectivity index (χ0n) is 20.0. The topological polar surface area (TPSA) is 122 Å². The van der Waals surface area contributed by atoms with Gasteiger partial charge in [0.2, 0.25) is 5.91 Å². The lowest BCUT2D eigenvalue weighted by Gasteiger charge is -2.21. The minimum atomic E-state index is -1.15. The molecule has 0 aliphatic rings. The molecule has 5 N–H and O–H groups in total. The summed E-state index contributed by atoms with van der Waals surface area (Å²) >= 11 is 0. The molecule has 0 spiro atoms. The van der Waals surface area contributed by atoms with E-state index in [-0.39, 0.29) is 6.42 Å². The van der Waals surface area contributed by atoms with E-state index in [1.807, 2.05) is 84.9 Å². The fourth-order valence-electron chi connectivity index (χ4n) is 4.06. The number of hydrogen-bond donors (Lipinski definition) is 4. The summed E-state index contributed by atoms with van der Waals surface area (Å²) in [6.07, 6.45) is -0.325. The zero-order chi connectivity index (χ0) is 26.2. The number of carboxylic acid groups (broad SMARTS) is 1. The van der Waals surface area contributed by atoms with Crippen molar-refractivity contribution in [2.24, 2.45) is 5.73 Å². The lowest BCUT2D eigenvalue weighted by atomic mass is 9.50. The molecule has 0 aliphatic heterocycles. The van der Waals surface area contributed by atoms with Crippen molar-refractivity contribution in [3.8, 4) is 11.5 Å². The lowest BCUT2D eigenvalue weighted by Crippen LogP contribution is -2.59. The van der Waals surface area contributed by atoms with Crippen molar-refractivity contribution < 1.29 is 24.5 Å². The second-order valence-electron chi connectivity index (χ2n) is 8.62. The van der Waals surface area contributed by atoms with Crippen molar-refractivity contribution in [3.05, 3.63) is 109 Å². The van der Waals surface area contributed by atoms with E-state index in [0.717, 1.165) is 21.9 Å². The van der Waals surface area contributed by atoms with Crippen molar-refractivity contribution in [1.82, 2.24) is 5.23 Å². The van der Waals surface area contributed by atoms with Crippen LogP contribution in [0.25, 0.3) is 0 Å². The van der Waals surface area contributed by atoms with Gasteiger partial charge in [0, 0.05) is 0 Å². The Bertz CT molecular complexity index is 1320. The number of aliphatic carboxylic acids is 1. The summed E-state index contributed by atoms with van der Waals surface area (Å²) < 4.78 is 5.97. The average Bonchev–Trinajstić information content (AvgIpc) is 2.92. The highest BCUT2D eigenvalue weighted by Crippen LogP contribution is 2.19. The summed E-state index contributed by atoms with van der Waals surface area (Å²) in [7, 11) is 0. The largest absolute Gasteiger partial charge is 0.480 e. The zero-order valence-corrected chi connectivity index (χ0v) is 20.0. The first-order valence-corrected chi connectivity index (χ1v) is 11.8. The second kappa shape index (κ2) is 12.1. The highest BCUT2D eigenvalue weighted by molar-refractivity contribution is 6.83. The summed E-state index contributed by atoms with van der Waals surface area (Å²) in [6.45, 7) is -1.20. The highest BCUT2D eigenvalue weighted by atomic mass is 16.5. The number of carbonyl (C=O) groups excluding carboxylic acids is 1. The van der Waals surface area contributed by atoms with E-state index in [0.29, 0.717) is 11.5 Å². The molecule has 7 nitrogen and oxygen atoms in total. The summed E-state index contributed by atoms with van der Waals surface area (Å²) in [4.78, 5) is 23.1. The van der Waals surface area contributed by atoms with Gasteiger partial charge in [-0.1, -0.05) is 95.9 Å². The molecule has 0 heterocycles. The molecule has 0 saturated heterocycles. The van der Waals surface area contributed by atoms with Crippen molar-refractivity contribution in [3.63, 3.8) is 0 Å². The van der Waals surface area contributed by atoms with Gasteiger partial charge in [0.1, 0.15) is 17.5 Å². The Kier molecular flexibility index (Phi) is 8.40. The first kappa shape index (κ1) is 25.8. The quantitative estimate of drug-likeness (QED) is 0.228. The number of hydrogen-bond acceptors (Lipinski definition) is 5. The van der Waals surface area contributed by atoms with E-state index in [9.17, 15) is 19.7 Å². The maximum Gasteiger partial charge on any atom is 0.358 e. The summed E-state index contributed by atoms with van der Waals surface area (Å²) in [6, 6.07) is 32.2. The third kappa shape index (κ3) is 6.88. The molecule has 0 unspecified atom stereocenters. The standard InChI is InChI=1S/C28H26B2N2O5/c31-27(33)19-26(28(34)35)32-29(20-7-3-1-4-8-20)21-11-15-24(16-12-21)37-25-17-13-23(14-18-25)30(36)22-9-5-2-6-10-22/h1-18,26,32,36H,19H2,(H2,31,33)(H,34,35)/t26-/m0/s1. The number of carbonyl (C=O) groups is 2. The molecule has 1 amide bonds. The number of rotatable bonds is 11. The Labute approximate surface area is 216 Å². The molecule has 0 aromatic heterocycles. The van der Waals surface area contributed by atoms with Crippen LogP contribution in [0.4, 0.5) is 0 Å². The van der Waals surface area contributed by atoms with Crippen LogP contribution in [0.15, 0.2) is 109 Å². The van der Waals surface area contributed by atoms with Gasteiger partial charge in [0.25, 0.3) is 6.85 Å². The molecule has 4 aromatic rings. The Hall–Kier alpha value is -4.33. The predicted octanol–water partition coefficient (Wildman–Crippen LogP) is 0.601. The minimum absolute atomic E-state index is 0.325. The van der Waals surface area contributed by atoms with Crippen LogP contribution >= 0.6 is 0 Å². The fourth-order valence-corrected chi connectivity index (χ4v) is 4.06. The number of amides is 1. The smallest absolute Gasteiger partial charge is 0.358 e. The van der Waals surface area contributed by atoms with Crippen molar-refractivity contribution in [2.45, 2.75) is 12.5 Å². The number of primary amides is 1. The second-order valence-corrected chi connectivity index (χ2v) is 8.62. The van der Waals surface area contributed by atoms with Crippen LogP contribution in [0.5, 0.6) is 11.5 Å². The van der Waals surface area contributed by atoms with Gasteiger partial charge in [0.05, 0.1) is 6.42 Å². The SMILES string of the molecule is NC(=O)C[C@H](NB(c1ccccc1)c1ccc(Oc2ccc(B(O)c3ccccc3)cc2)cc1)C(=O)O. The summed E-state index contributed by atoms with van der Waals surface area (Å²) in [5, 5.41) is 23.2. The van der Waals surface area contributed by atoms with E-state index in [1.54, 1.807) is 24.3 Å². The van der Waals surface area contributed by atoms with Crippen LogP contribution < -0.4 is 37.5 Å². The molecular weight excluding hydrogens is 466 g/mol. The number of benzene rings is 4. The summed E-state index contributed by atoms with van der Waals surface area (Å²) in [5.74, 6) is -0.640. The third-order valence-corrected chi connectivity index (χ3v) is 5.96. The van der Waals surface area contributed by atoms with Gasteiger partial charge in [-0.05, 0) is 35.2 Å². The Morgan fingerprint density at radius 2 is 1.16 bits per heavy atom. The molecule has 1 atom stereocenters. The van der Waals surface area contributed by atoms with E-state index >= 15 is 0 Å². The van der Waals surface area contributed by atoms with Gasteiger partial charge in [-0.2, -0.15) is 0 Å². The van der Waals surface area contributed by atoms with Crippen molar-refractivity contribution in [1.29, 1.82) is 0 Å². The first-order valence-electron chi connectivity index (χ1n) is 11.8. The van der Waals surface area contributed by atoms with Crippen LogP contribution in [0.2, 0.25) is 0 Å². The first-order chi connectivity index (χ1) is 17.9. The number of ether oxygens (including phenoxy) is 1. The monoisotopic (exact) mass is 492 g/mol. The van der Waals surface area contributed by atoms with Crippen LogP contribution in [0.1, 0.15) is 6.42 Å². The van der Waals surface area contributed by atoms with E-state index < -0.39 is 31.7 Å². The van der Waals surface area contributed by atoms with Gasteiger partial charge < -0.3 is 25.8 Å². The molecule has 184 valence electrons. The highest BCUT2D eigenvalue weighted by Gasteiger charge is 2.28. The molecule has 0 bridgehead atoms. The van der Waals surface area contributed by atoms with Crippen molar-refractivity contribution >= 4 is 47.5 Å². The number of nitrogens with one attached hydrogen (secondary N) is 1. The molecule has 4 rings (SSSR count). The number of carboxylic acids is 1. The molecule has 0 radical (unpaired) electrons. The molecule has 37 heavy (non-hydrogen) atoms. The molecule has 4 aromatic carbocycles. The molecule has 0 fully saturated rings. The van der Waals surface area contributed by atoms with Gasteiger partial charge in [-0.15, -0.1) is 0 Å². The lowest BCUT2D eigenvalue weighted by molar-refractivity contribution is -0.140. The third-order valence-electron chi connectivity index (χ3n) is 5.96. The Morgan fingerprint density at radius 1 is 0.730 bits per heavy atom. The van der Waals surface area contributed by atoms with Crippen LogP contribution in [0.3, 0.4) is 0 Å². The van der Waals surface area contributed by atoms with E-state index in [1.165, 1.54) is 0 Å². The fraction of sp³-hybridized carbons (Fsp3) is 0.0714. The van der Waals surface area contributed by atoms with Gasteiger partial charge >= 0.3 is 12.9 Å². The summed E-state index contributed by atoms with van der Waals surface area (Å²) in [5.41, 5.74) is 8.48. The van der Waals surface area contributed by atoms with Gasteiger partial charge in [-0.25, -0.2) is 0 Å². The Morgan fingerprint density at radius 3 is 1.65 bits per heavy atom. The van der Waals surface area contributed by atoms with Crippen LogP contribution in [0, 0.1) is 0 Å². The molecular formula is C28H26B2N2O5. The minimum Gasteiger partial charge on any atom is -0.480 e. The van der Waals surface area contributed by atoms with Gasteiger partial charge in [-0.3, -0.25) is 9.59 Å². The maximum absolute atomic E-state index is 11.7. The normalized spacial score (nSPS) is 11.4. The van der Waals surface area contributed by atoms with Gasteiger partial charge in [0.15, 0.2) is 0 Å². The molecule has 0 aliphatic carbocycles. The molecule has 0 saturated carbocycles. The predicted molar refractivity (Wildman–Crippen MR) is 146 cm³/mol. The van der Waals surface area contributed by atoms with Crippen molar-refractivity contribution in [2.75, 3.05) is 0 Å². The molecule has 9 heteroatoms. The van der Waals surface area contributed by atoms with E-state index in [2.05, 4.69) is 5.23 Å². The number of nitrogens with two attached hydrogens (primary N) is 1. The Balaban J connectivity index is 1.50. The maximum atomic E-state index is 11.7. The van der Waals surface area contributed by atoms with E-state index in [4.69, 9.17) is 10.5 Å². The average molecular weight is 492 g/mol. The van der Waals surface area contributed by atoms with Crippen LogP contribution in [-0.4, -0.2) is 41.8 Å².